The number of benzene rings is 1. The van der Waals surface area contributed by atoms with Gasteiger partial charge in [-0.3, -0.25) is 9.69 Å². The Bertz CT molecular complexity index is 361. The second-order valence-electron chi connectivity index (χ2n) is 3.92. The highest BCUT2D eigenvalue weighted by atomic mass is 16.1. The van der Waals surface area contributed by atoms with Crippen LogP contribution in [0.3, 0.4) is 0 Å². The third-order valence-electron chi connectivity index (χ3n) is 2.82. The molecular formula is C11H15N3O. The van der Waals surface area contributed by atoms with Gasteiger partial charge >= 0.3 is 0 Å². The molecule has 0 radical (unpaired) electrons. The number of nitrogen functional groups attached to an aromatic ring is 1. The number of amides is 1. The number of likely N-dealkylation sites (tertiary alicyclic amines) is 1. The number of anilines is 1. The second-order valence-corrected chi connectivity index (χ2v) is 3.92. The zero-order chi connectivity index (χ0) is 10.8. The number of carbonyl (C=O) groups excluding carboxylic acids is 1. The summed E-state index contributed by atoms with van der Waals surface area (Å²) in [4.78, 5) is 13.1. The minimum Gasteiger partial charge on any atom is -0.399 e. The fourth-order valence-corrected chi connectivity index (χ4v) is 1.81. The third-order valence-corrected chi connectivity index (χ3v) is 2.82. The molecule has 0 bridgehead atoms. The average molecular weight is 205 g/mol. The maximum Gasteiger partial charge on any atom is 0.234 e. The number of primary amides is 1. The predicted molar refractivity (Wildman–Crippen MR) is 58.9 cm³/mol. The molecule has 0 spiro atoms. The standard InChI is InChI=1S/C11H15N3O/c12-9-3-1-8(2-4-9)7-14-6-5-10(14)11(13)15/h1-4,10H,5-7,12H2,(H2,13,15). The van der Waals surface area contributed by atoms with Gasteiger partial charge < -0.3 is 11.5 Å². The topological polar surface area (TPSA) is 72.4 Å². The summed E-state index contributed by atoms with van der Waals surface area (Å²) in [6.07, 6.45) is 0.879. The number of rotatable bonds is 3. The molecule has 1 atom stereocenters. The molecule has 4 N–H and O–H groups in total. The highest BCUT2D eigenvalue weighted by molar-refractivity contribution is 5.80. The van der Waals surface area contributed by atoms with E-state index in [1.165, 1.54) is 0 Å². The lowest BCUT2D eigenvalue weighted by molar-refractivity contribution is -0.127. The van der Waals surface area contributed by atoms with Gasteiger partial charge in [-0.25, -0.2) is 0 Å². The van der Waals surface area contributed by atoms with Gasteiger partial charge in [-0.1, -0.05) is 12.1 Å². The SMILES string of the molecule is NC(=O)C1CCN1Cc1ccc(N)cc1. The van der Waals surface area contributed by atoms with E-state index in [1.54, 1.807) is 0 Å². The summed E-state index contributed by atoms with van der Waals surface area (Å²) in [6.45, 7) is 1.71. The third kappa shape index (κ3) is 2.10. The molecule has 80 valence electrons. The highest BCUT2D eigenvalue weighted by Gasteiger charge is 2.31. The number of hydrogen-bond acceptors (Lipinski definition) is 3. The lowest BCUT2D eigenvalue weighted by Crippen LogP contribution is -2.54. The van der Waals surface area contributed by atoms with Gasteiger partial charge in [0.25, 0.3) is 0 Å². The van der Waals surface area contributed by atoms with Gasteiger partial charge in [0.2, 0.25) is 5.91 Å². The number of hydrogen-bond donors (Lipinski definition) is 2. The smallest absolute Gasteiger partial charge is 0.234 e. The van der Waals surface area contributed by atoms with E-state index in [-0.39, 0.29) is 11.9 Å². The van der Waals surface area contributed by atoms with Gasteiger partial charge in [0.1, 0.15) is 0 Å². The van der Waals surface area contributed by atoms with Gasteiger partial charge in [-0.15, -0.1) is 0 Å². The quantitative estimate of drug-likeness (QED) is 0.698. The van der Waals surface area contributed by atoms with Crippen LogP contribution in [-0.2, 0) is 11.3 Å². The zero-order valence-electron chi connectivity index (χ0n) is 8.52. The Morgan fingerprint density at radius 2 is 2.07 bits per heavy atom. The normalized spacial score (nSPS) is 20.9. The number of nitrogens with zero attached hydrogens (tertiary/aromatic N) is 1. The number of nitrogens with two attached hydrogens (primary N) is 2. The molecule has 1 aliphatic rings. The largest absolute Gasteiger partial charge is 0.399 e. The summed E-state index contributed by atoms with van der Waals surface area (Å²) in [5.74, 6) is -0.225. The van der Waals surface area contributed by atoms with Crippen molar-refractivity contribution in [1.82, 2.24) is 4.90 Å². The summed E-state index contributed by atoms with van der Waals surface area (Å²) in [7, 11) is 0. The first kappa shape index (κ1) is 9.98. The molecule has 4 nitrogen and oxygen atoms in total. The zero-order valence-corrected chi connectivity index (χ0v) is 8.52. The summed E-state index contributed by atoms with van der Waals surface area (Å²) >= 11 is 0. The fourth-order valence-electron chi connectivity index (χ4n) is 1.81. The summed E-state index contributed by atoms with van der Waals surface area (Å²) in [5.41, 5.74) is 12.8. The van der Waals surface area contributed by atoms with Gasteiger partial charge in [0, 0.05) is 18.8 Å². The van der Waals surface area contributed by atoms with Crippen molar-refractivity contribution >= 4 is 11.6 Å². The molecule has 0 aliphatic carbocycles. The van der Waals surface area contributed by atoms with E-state index < -0.39 is 0 Å². The Kier molecular flexibility index (Phi) is 2.60. The monoisotopic (exact) mass is 205 g/mol. The Labute approximate surface area is 88.9 Å². The fraction of sp³-hybridized carbons (Fsp3) is 0.364. The van der Waals surface area contributed by atoms with Crippen LogP contribution in [0.25, 0.3) is 0 Å². The van der Waals surface area contributed by atoms with Crippen molar-refractivity contribution in [3.63, 3.8) is 0 Å². The molecule has 0 saturated carbocycles. The Morgan fingerprint density at radius 3 is 2.53 bits per heavy atom. The van der Waals surface area contributed by atoms with Crippen molar-refractivity contribution in [3.05, 3.63) is 29.8 Å². The van der Waals surface area contributed by atoms with E-state index in [9.17, 15) is 4.79 Å². The molecule has 1 fully saturated rings. The van der Waals surface area contributed by atoms with Gasteiger partial charge in [-0.05, 0) is 24.1 Å². The van der Waals surface area contributed by atoms with Crippen LogP contribution >= 0.6 is 0 Å². The predicted octanol–water partition coefficient (Wildman–Crippen LogP) is 0.328. The van der Waals surface area contributed by atoms with Crippen LogP contribution in [0.5, 0.6) is 0 Å². The van der Waals surface area contributed by atoms with Crippen LogP contribution < -0.4 is 11.5 Å². The van der Waals surface area contributed by atoms with Gasteiger partial charge in [-0.2, -0.15) is 0 Å². The van der Waals surface area contributed by atoms with E-state index in [4.69, 9.17) is 11.5 Å². The number of carbonyl (C=O) groups is 1. The summed E-state index contributed by atoms with van der Waals surface area (Å²) in [6, 6.07) is 7.61. The van der Waals surface area contributed by atoms with Crippen molar-refractivity contribution in [2.24, 2.45) is 5.73 Å². The van der Waals surface area contributed by atoms with Gasteiger partial charge in [0.05, 0.1) is 6.04 Å². The molecular weight excluding hydrogens is 190 g/mol. The van der Waals surface area contributed by atoms with Crippen LogP contribution in [0.2, 0.25) is 0 Å². The molecule has 1 heterocycles. The first-order chi connectivity index (χ1) is 7.16. The van der Waals surface area contributed by atoms with Crippen molar-refractivity contribution in [2.45, 2.75) is 19.0 Å². The molecule has 0 aromatic heterocycles. The lowest BCUT2D eigenvalue weighted by atomic mass is 10.0. The molecule has 1 unspecified atom stereocenters. The Balaban J connectivity index is 1.97. The minimum atomic E-state index is -0.225. The van der Waals surface area contributed by atoms with Gasteiger partial charge in [0.15, 0.2) is 0 Å². The molecule has 15 heavy (non-hydrogen) atoms. The second kappa shape index (κ2) is 3.90. The lowest BCUT2D eigenvalue weighted by Gasteiger charge is -2.38. The van der Waals surface area contributed by atoms with E-state index in [2.05, 4.69) is 4.90 Å². The average Bonchev–Trinajstić information content (AvgIpc) is 2.14. The summed E-state index contributed by atoms with van der Waals surface area (Å²) in [5, 5.41) is 0. The Morgan fingerprint density at radius 1 is 1.40 bits per heavy atom. The van der Waals surface area contributed by atoms with Crippen LogP contribution in [0.4, 0.5) is 5.69 Å². The summed E-state index contributed by atoms with van der Waals surface area (Å²) < 4.78 is 0. The van der Waals surface area contributed by atoms with Crippen molar-refractivity contribution in [3.8, 4) is 0 Å². The maximum absolute atomic E-state index is 11.0. The van der Waals surface area contributed by atoms with Crippen LogP contribution in [0.1, 0.15) is 12.0 Å². The first-order valence-corrected chi connectivity index (χ1v) is 5.04. The maximum atomic E-state index is 11.0. The van der Waals surface area contributed by atoms with E-state index >= 15 is 0 Å². The van der Waals surface area contributed by atoms with E-state index in [0.717, 1.165) is 30.8 Å². The first-order valence-electron chi connectivity index (χ1n) is 5.04. The molecule has 2 rings (SSSR count). The van der Waals surface area contributed by atoms with E-state index in [1.807, 2.05) is 24.3 Å². The molecule has 1 aromatic rings. The Hall–Kier alpha value is -1.55. The molecule has 1 aromatic carbocycles. The van der Waals surface area contributed by atoms with Crippen molar-refractivity contribution < 1.29 is 4.79 Å². The molecule has 4 heteroatoms. The highest BCUT2D eigenvalue weighted by Crippen LogP contribution is 2.20. The molecule has 1 aliphatic heterocycles. The van der Waals surface area contributed by atoms with Crippen molar-refractivity contribution in [2.75, 3.05) is 12.3 Å². The van der Waals surface area contributed by atoms with Crippen LogP contribution in [0, 0.1) is 0 Å². The van der Waals surface area contributed by atoms with Crippen LogP contribution in [0.15, 0.2) is 24.3 Å². The van der Waals surface area contributed by atoms with Crippen molar-refractivity contribution in [1.29, 1.82) is 0 Å². The van der Waals surface area contributed by atoms with Crippen LogP contribution in [-0.4, -0.2) is 23.4 Å². The molecule has 1 amide bonds. The molecule has 1 saturated heterocycles. The minimum absolute atomic E-state index is 0.0810. The van der Waals surface area contributed by atoms with E-state index in [0.29, 0.717) is 0 Å².